The first-order chi connectivity index (χ1) is 69.2. The van der Waals surface area contributed by atoms with Crippen LogP contribution >= 0.6 is 0 Å². The van der Waals surface area contributed by atoms with Crippen molar-refractivity contribution in [2.24, 2.45) is 21.1 Å². The quantitative estimate of drug-likeness (QED) is 0.101. The first-order valence-electron chi connectivity index (χ1n) is 55.6. The molecule has 9 heteroatoms. The molecular weight excluding hydrogens is 1430 g/mol. The highest BCUT2D eigenvalue weighted by molar-refractivity contribution is 7.13. The van der Waals surface area contributed by atoms with Crippen LogP contribution in [-0.2, 0) is 21.1 Å². The Morgan fingerprint density at radius 3 is 0.756 bits per heavy atom. The summed E-state index contributed by atoms with van der Waals surface area (Å²) >= 11 is 0. The van der Waals surface area contributed by atoms with E-state index in [1.165, 1.54) is 6.07 Å². The van der Waals surface area contributed by atoms with Crippen LogP contribution in [0.3, 0.4) is 0 Å². The van der Waals surface area contributed by atoms with Crippen molar-refractivity contribution in [3.63, 3.8) is 0 Å². The Kier molecular flexibility index (Phi) is 14.4. The van der Waals surface area contributed by atoms with Gasteiger partial charge in [0.2, 0.25) is 57.4 Å². The molecule has 0 bridgehead atoms. The van der Waals surface area contributed by atoms with E-state index in [0.717, 1.165) is 121 Å². The number of rotatable bonds is 9. The third-order valence-corrected chi connectivity index (χ3v) is 25.6. The van der Waals surface area contributed by atoms with Gasteiger partial charge < -0.3 is 0 Å². The Bertz CT molecular complexity index is 7690. The topological polar surface area (TPSA) is 11.6 Å². The average Bonchev–Trinajstić information content (AvgIpc) is 0.712. The van der Waals surface area contributed by atoms with Crippen LogP contribution < -0.4 is 112 Å². The van der Waals surface area contributed by atoms with Crippen molar-refractivity contribution in [2.45, 2.75) is 138 Å². The minimum Gasteiger partial charge on any atom is -0.201 e. The van der Waals surface area contributed by atoms with Crippen LogP contribution in [-0.4, -0.2) is 40.3 Å². The maximum absolute atomic E-state index is 8.90. The smallest absolute Gasteiger partial charge is 0.201 e. The second kappa shape index (κ2) is 32.7. The van der Waals surface area contributed by atoms with E-state index in [1.807, 2.05) is 230 Å². The molecule has 3 nitrogen and oxygen atoms in total. The van der Waals surface area contributed by atoms with Gasteiger partial charge >= 0.3 is 0 Å². The number of benzene rings is 12. The molecule has 18 rings (SSSR count). The summed E-state index contributed by atoms with van der Waals surface area (Å²) in [7, 11) is 5.31. The number of fused-ring (bicyclic) bond motifs is 6. The third-order valence-electron chi connectivity index (χ3n) is 25.6. The van der Waals surface area contributed by atoms with E-state index < -0.39 is 95.4 Å². The Labute approximate surface area is 755 Å². The molecule has 0 unspecified atom stereocenters. The Balaban J connectivity index is 0.000000159. The summed E-state index contributed by atoms with van der Waals surface area (Å²) in [4.78, 5) is 0. The second-order valence-corrected chi connectivity index (χ2v) is 32.9. The van der Waals surface area contributed by atoms with Gasteiger partial charge in [-0.15, -0.1) is 0 Å². The van der Waals surface area contributed by atoms with E-state index in [0.29, 0.717) is 77.7 Å². The lowest BCUT2D eigenvalue weighted by atomic mass is 9.20. The van der Waals surface area contributed by atoms with Gasteiger partial charge in [-0.3, -0.25) is 0 Å². The van der Waals surface area contributed by atoms with Gasteiger partial charge in [-0.2, -0.15) is 0 Å². The molecule has 3 aromatic heterocycles. The van der Waals surface area contributed by atoms with E-state index in [9.17, 15) is 0 Å². The first kappa shape index (κ1) is 52.4. The molecule has 3 aliphatic heterocycles. The molecule has 0 saturated carbocycles. The van der Waals surface area contributed by atoms with Crippen LogP contribution in [0.15, 0.2) is 261 Å². The molecule has 0 atom stereocenters. The molecule has 3 aliphatic rings. The van der Waals surface area contributed by atoms with Crippen molar-refractivity contribution >= 4 is 139 Å². The van der Waals surface area contributed by atoms with Crippen molar-refractivity contribution in [3.8, 4) is 33.8 Å². The van der Waals surface area contributed by atoms with Crippen LogP contribution in [0, 0.1) is 138 Å². The normalized spacial score (nSPS) is 17.2. The van der Waals surface area contributed by atoms with Crippen LogP contribution in [0.5, 0.6) is 0 Å². The van der Waals surface area contributed by atoms with Crippen molar-refractivity contribution in [1.82, 2.24) is 0 Å². The fraction of sp³-hybridized carbons (Fsp3) is 0.209. The summed E-state index contributed by atoms with van der Waals surface area (Å²) in [6.45, 7) is -8.10. The first-order valence-corrected chi connectivity index (χ1v) is 40.6. The van der Waals surface area contributed by atoms with E-state index in [4.69, 9.17) is 41.1 Å². The molecule has 0 amide bonds. The zero-order valence-corrected chi connectivity index (χ0v) is 69.6. The predicted molar refractivity (Wildman–Crippen MR) is 520 cm³/mol. The second-order valence-electron chi connectivity index (χ2n) is 32.9. The summed E-state index contributed by atoms with van der Waals surface area (Å²) < 4.78 is 256. The molecule has 0 aliphatic carbocycles. The number of aromatic nitrogens is 3. The van der Waals surface area contributed by atoms with E-state index in [2.05, 4.69) is 0 Å². The lowest BCUT2D eigenvalue weighted by Gasteiger charge is -2.34. The summed E-state index contributed by atoms with van der Waals surface area (Å²) in [6, 6.07) is 75.5. The maximum atomic E-state index is 8.90. The van der Waals surface area contributed by atoms with Gasteiger partial charge in [-0.1, -0.05) is 365 Å². The summed E-state index contributed by atoms with van der Waals surface area (Å²) in [5.74, 6) is 0. The van der Waals surface area contributed by atoms with E-state index >= 15 is 0 Å². The molecule has 0 spiro atoms. The van der Waals surface area contributed by atoms with E-state index in [-0.39, 0.29) is 57.9 Å². The molecule has 0 radical (unpaired) electrons. The van der Waals surface area contributed by atoms with Crippen LogP contribution in [0.25, 0.3) is 33.8 Å². The van der Waals surface area contributed by atoms with Crippen molar-refractivity contribution in [3.05, 3.63) is 373 Å². The zero-order valence-electron chi connectivity index (χ0n) is 99.6. The molecule has 12 aromatic carbocycles. The molecular formula is C110H112B6N3+3. The number of pyridine rings is 3. The molecule has 0 N–H and O–H groups in total. The van der Waals surface area contributed by atoms with Crippen LogP contribution in [0.1, 0.15) is 152 Å². The summed E-state index contributed by atoms with van der Waals surface area (Å²) in [5, 5.41) is 0. The molecule has 0 fully saturated rings. The summed E-state index contributed by atoms with van der Waals surface area (Å²) in [5.41, 5.74) is 28.1. The molecule has 119 heavy (non-hydrogen) atoms. The van der Waals surface area contributed by atoms with Gasteiger partial charge in [0.15, 0.2) is 18.6 Å². The third kappa shape index (κ3) is 14.4. The Morgan fingerprint density at radius 1 is 0.193 bits per heavy atom. The van der Waals surface area contributed by atoms with Gasteiger partial charge in [0.1, 0.15) is 21.1 Å². The highest BCUT2D eigenvalue weighted by Crippen LogP contribution is 2.30. The molecule has 582 valence electrons. The van der Waals surface area contributed by atoms with Crippen molar-refractivity contribution in [1.29, 1.82) is 0 Å². The number of nitrogens with zero attached hydrogens (tertiary/aromatic N) is 3. The van der Waals surface area contributed by atoms with Gasteiger partial charge in [-0.25, -0.2) is 13.7 Å². The van der Waals surface area contributed by atoms with Crippen molar-refractivity contribution < 1.29 is 54.8 Å². The van der Waals surface area contributed by atoms with Gasteiger partial charge in [0, 0.05) is 92.7 Å². The Morgan fingerprint density at radius 2 is 0.462 bits per heavy atom. The average molecular weight is 1570 g/mol. The van der Waals surface area contributed by atoms with E-state index in [1.54, 1.807) is 129 Å². The molecule has 15 aromatic rings. The van der Waals surface area contributed by atoms with Gasteiger partial charge in [0.25, 0.3) is 0 Å². The largest absolute Gasteiger partial charge is 0.240 e. The maximum Gasteiger partial charge on any atom is 0.240 e. The van der Waals surface area contributed by atoms with Gasteiger partial charge in [-0.05, 0) is 190 Å². The molecule has 6 heterocycles. The lowest BCUT2D eigenvalue weighted by Crippen LogP contribution is -2.75. The minimum absolute atomic E-state index is 0.0244. The lowest BCUT2D eigenvalue weighted by molar-refractivity contribution is -0.660. The highest BCUT2D eigenvalue weighted by Gasteiger charge is 2.45. The zero-order chi connectivity index (χ0) is 109. The predicted octanol–water partition coefficient (Wildman–Crippen LogP) is 10.7. The van der Waals surface area contributed by atoms with Crippen molar-refractivity contribution in [2.75, 3.05) is 0 Å². The minimum atomic E-state index is -2.61. The SMILES string of the molecule is [2H]C([2H])([2H])c1c[n+](C)c(-c2cc(C)c(B3c4ccccc4B(c4c(C)cccc4C([2H])([2H])[2H])c4ccccc43)c(C([2H])([2H])[2H])c2C)cc1C.[2H]C([2H])([2H])c1cc(C)c(B2c3ccccc3B(c3c(C)cc(-c4ccc(C([2H])([2H])[2H])c[n+]4C)c(C)c3C([2H])([2H])[2H])c3ccccc32)c(C([2H])([2H])[2H])c1.[2H]C([2H])([2H])c1ccc(-c2cc(C)c(B3c4ccccc4B(c4c(C)cccc4C([2H])([2H])[2H])c4ccccc43)c(C([2H])([2H])[2H])c2C)[n+](C)c1. The fourth-order valence-corrected chi connectivity index (χ4v) is 19.9. The van der Waals surface area contributed by atoms with Crippen LogP contribution in [0.4, 0.5) is 0 Å². The highest BCUT2D eigenvalue weighted by atomic mass is 14.9. The summed E-state index contributed by atoms with van der Waals surface area (Å²) in [6.07, 6.45) is 4.74. The standard InChI is InChI=1S/2C37H38B2N.C36H36B2N/c1-23-14-13-15-24(2)36(23)38-31-16-9-11-18-33(31)39(34-19-12-10-17-32(34)38)37-26(4)20-30(28(6)29(37)7)35-21-25(3)27(5)22-40(35)8;1-23-17-18-35(40(8)22-23)30-21-27(5)37(29(7)28(30)6)39-33-15-11-9-13-31(33)38(32-14-10-12-16-34(32)39)36-25(3)19-24(2)20-26(36)4;1-23-19-20-34(39(7)22-23)29-21-26(4)36(28(6)27(29)5)38-32-17-10-8-15-30(32)37(31-16-9-11-18-33(31)38)35-24(2)13-12-14-25(35)3/h2*9-22H,1-8H3;8-22H,1-7H3/q3*+1/i1D3,5D3,7D3;1D3,2D3,3D3,7D3;1D3,2D3,6D3. The Hall–Kier alpha value is -11.5. The molecule has 0 saturated heterocycles. The van der Waals surface area contributed by atoms with Crippen LogP contribution in [0.2, 0.25) is 0 Å². The number of hydrogen-bond donors (Lipinski definition) is 0. The fourth-order valence-electron chi connectivity index (χ4n) is 19.9. The number of hydrogen-bond acceptors (Lipinski definition) is 0. The number of aryl methyl sites for hydroxylation is 17. The monoisotopic (exact) mass is 1570 g/mol. The van der Waals surface area contributed by atoms with Gasteiger partial charge in [0.05, 0.1) is 0 Å².